The zero-order valence-electron chi connectivity index (χ0n) is 15.1. The normalized spacial score (nSPS) is 12.8. The fourth-order valence-electron chi connectivity index (χ4n) is 2.24. The predicted molar refractivity (Wildman–Crippen MR) is 86.9 cm³/mol. The van der Waals surface area contributed by atoms with Crippen molar-refractivity contribution in [3.05, 3.63) is 59.7 Å². The molecule has 3 amide bonds. The second kappa shape index (κ2) is 9.33. The highest BCUT2D eigenvalue weighted by atomic mass is 19.4. The first-order valence-corrected chi connectivity index (χ1v) is 8.01. The number of urea groups is 1. The molecule has 1 unspecified atom stereocenters. The van der Waals surface area contributed by atoms with Crippen molar-refractivity contribution in [2.45, 2.75) is 18.8 Å². The number of rotatable bonds is 6. The number of hydrogen-bond donors (Lipinski definition) is 1. The third-order valence-corrected chi connectivity index (χ3v) is 3.51. The van der Waals surface area contributed by atoms with Gasteiger partial charge in [-0.25, -0.2) is 27.6 Å². The summed E-state index contributed by atoms with van der Waals surface area (Å²) >= 11 is 0. The van der Waals surface area contributed by atoms with E-state index in [2.05, 4.69) is 9.47 Å². The van der Waals surface area contributed by atoms with Crippen molar-refractivity contribution in [1.29, 1.82) is 0 Å². The minimum Gasteiger partial charge on any atom is -0.429 e. The molecule has 1 N–H and O–H groups in total. The number of hydrogen-bond acceptors (Lipinski definition) is 4. The van der Waals surface area contributed by atoms with Crippen LogP contribution in [0.3, 0.4) is 0 Å². The third kappa shape index (κ3) is 5.81. The lowest BCUT2D eigenvalue weighted by Gasteiger charge is -2.23. The van der Waals surface area contributed by atoms with Crippen LogP contribution in [0.15, 0.2) is 42.5 Å². The first kappa shape index (κ1) is 24.8. The highest BCUT2D eigenvalue weighted by molar-refractivity contribution is 6.20. The van der Waals surface area contributed by atoms with E-state index in [0.717, 1.165) is 6.07 Å². The highest BCUT2D eigenvalue weighted by Crippen LogP contribution is 2.32. The molecule has 2 aromatic carbocycles. The molecule has 0 heterocycles. The van der Waals surface area contributed by atoms with Crippen molar-refractivity contribution < 1.29 is 58.7 Å². The van der Waals surface area contributed by atoms with Gasteiger partial charge in [-0.05, 0) is 36.4 Å². The highest BCUT2D eigenvalue weighted by Gasteiger charge is 2.50. The molecule has 0 spiro atoms. The van der Waals surface area contributed by atoms with Gasteiger partial charge in [-0.1, -0.05) is 10.5 Å². The third-order valence-electron chi connectivity index (χ3n) is 3.51. The standard InChI is InChI=1S/C17H9F9N2O4/c18-10-2-1-3-11(19)12(10)13(29)28(15(30)27-26)8-4-6-9(7-5-8)31-16(21,22)14(20)32-17(23,24)25/h1-7,14H,(H,27,30). The summed E-state index contributed by atoms with van der Waals surface area (Å²) in [4.78, 5) is 24.0. The number of amides is 3. The van der Waals surface area contributed by atoms with Crippen LogP contribution in [0.5, 0.6) is 5.75 Å². The van der Waals surface area contributed by atoms with Crippen molar-refractivity contribution in [1.82, 2.24) is 5.54 Å². The summed E-state index contributed by atoms with van der Waals surface area (Å²) in [6, 6.07) is 2.67. The largest absolute Gasteiger partial charge is 0.525 e. The first-order chi connectivity index (χ1) is 14.8. The summed E-state index contributed by atoms with van der Waals surface area (Å²) in [5, 5.41) is 0. The number of nitrogens with one attached hydrogen (secondary N) is 1. The van der Waals surface area contributed by atoms with E-state index in [1.807, 2.05) is 0 Å². The Morgan fingerprint density at radius 1 is 0.938 bits per heavy atom. The van der Waals surface area contributed by atoms with E-state index >= 15 is 0 Å². The number of ether oxygens (including phenoxy) is 2. The molecule has 15 heteroatoms. The van der Waals surface area contributed by atoms with Gasteiger partial charge in [0.1, 0.15) is 22.9 Å². The van der Waals surface area contributed by atoms with Gasteiger partial charge in [0, 0.05) is 0 Å². The van der Waals surface area contributed by atoms with E-state index in [1.165, 1.54) is 0 Å². The zero-order chi connectivity index (χ0) is 24.3. The lowest BCUT2D eigenvalue weighted by atomic mass is 10.1. The van der Waals surface area contributed by atoms with Crippen LogP contribution < -0.4 is 15.2 Å². The molecular formula is C17H9F9N2O4. The molecule has 0 aliphatic heterocycles. The molecule has 0 aromatic heterocycles. The maximum atomic E-state index is 13.8. The molecule has 1 atom stereocenters. The Morgan fingerprint density at radius 2 is 1.47 bits per heavy atom. The van der Waals surface area contributed by atoms with E-state index < -0.39 is 59.4 Å². The van der Waals surface area contributed by atoms with Gasteiger partial charge in [-0.3, -0.25) is 4.79 Å². The van der Waals surface area contributed by atoms with Crippen LogP contribution in [0.1, 0.15) is 10.4 Å². The Balaban J connectivity index is 2.31. The number of nitrogens with zero attached hydrogens (tertiary/aromatic N) is 1. The van der Waals surface area contributed by atoms with Crippen LogP contribution in [0.2, 0.25) is 0 Å². The lowest BCUT2D eigenvalue weighted by molar-refractivity contribution is -0.411. The fraction of sp³-hybridized carbons (Fsp3) is 0.176. The van der Waals surface area contributed by atoms with Crippen LogP contribution in [0.25, 0.3) is 0 Å². The van der Waals surface area contributed by atoms with Crippen LogP contribution in [-0.4, -0.2) is 30.8 Å². The van der Waals surface area contributed by atoms with Gasteiger partial charge >= 0.3 is 24.9 Å². The molecule has 6 nitrogen and oxygen atoms in total. The van der Waals surface area contributed by atoms with E-state index in [1.54, 1.807) is 0 Å². The molecule has 0 bridgehead atoms. The molecule has 32 heavy (non-hydrogen) atoms. The zero-order valence-corrected chi connectivity index (χ0v) is 15.1. The van der Waals surface area contributed by atoms with Crippen LogP contribution in [0, 0.1) is 11.6 Å². The molecule has 0 saturated carbocycles. The molecule has 2 aromatic rings. The summed E-state index contributed by atoms with van der Waals surface area (Å²) < 4.78 is 122. The predicted octanol–water partition coefficient (Wildman–Crippen LogP) is 5.01. The average molecular weight is 476 g/mol. The number of benzene rings is 2. The number of anilines is 1. The second-order valence-corrected chi connectivity index (χ2v) is 5.67. The first-order valence-electron chi connectivity index (χ1n) is 8.01. The lowest BCUT2D eigenvalue weighted by Crippen LogP contribution is -2.42. The Kier molecular flexibility index (Phi) is 7.23. The Hall–Kier alpha value is -3.49. The molecule has 0 saturated heterocycles. The van der Waals surface area contributed by atoms with Crippen LogP contribution in [0.4, 0.5) is 50.1 Å². The molecule has 0 radical (unpaired) electrons. The van der Waals surface area contributed by atoms with Crippen molar-refractivity contribution in [3.63, 3.8) is 0 Å². The second-order valence-electron chi connectivity index (χ2n) is 5.67. The quantitative estimate of drug-likeness (QED) is 0.471. The smallest absolute Gasteiger partial charge is 0.429 e. The number of alkyl halides is 6. The van der Waals surface area contributed by atoms with Crippen molar-refractivity contribution in [2.75, 3.05) is 4.90 Å². The van der Waals surface area contributed by atoms with Gasteiger partial charge in [-0.15, -0.1) is 13.2 Å². The minimum absolute atomic E-state index is 0.117. The molecule has 0 aliphatic carbocycles. The number of carbonyl (C=O) groups excluding carboxylic acids is 2. The summed E-state index contributed by atoms with van der Waals surface area (Å²) in [6.07, 6.45) is -15.1. The molecular weight excluding hydrogens is 467 g/mol. The van der Waals surface area contributed by atoms with Crippen LogP contribution >= 0.6 is 0 Å². The van der Waals surface area contributed by atoms with E-state index in [0.29, 0.717) is 41.9 Å². The maximum Gasteiger partial charge on any atom is 0.525 e. The maximum absolute atomic E-state index is 13.8. The number of carbonyl (C=O) groups is 2. The Labute approximate surface area is 172 Å². The fourth-order valence-corrected chi connectivity index (χ4v) is 2.24. The summed E-state index contributed by atoms with van der Waals surface area (Å²) in [6.45, 7) is 0. The number of imide groups is 1. The average Bonchev–Trinajstić information content (AvgIpc) is 2.67. The van der Waals surface area contributed by atoms with E-state index in [9.17, 15) is 49.2 Å². The van der Waals surface area contributed by atoms with Gasteiger partial charge in [0.05, 0.1) is 5.69 Å². The van der Waals surface area contributed by atoms with Crippen molar-refractivity contribution in [3.8, 4) is 5.75 Å². The molecule has 2 rings (SSSR count). The molecule has 0 fully saturated rings. The van der Waals surface area contributed by atoms with Crippen LogP contribution in [-0.2, 0) is 4.74 Å². The minimum atomic E-state index is -5.74. The van der Waals surface area contributed by atoms with Gasteiger partial charge in [0.2, 0.25) is 0 Å². The van der Waals surface area contributed by atoms with Gasteiger partial charge in [-0.2, -0.15) is 14.3 Å². The SMILES string of the molecule is O=C(NF)N(C(=O)c1c(F)cccc1F)c1ccc(OC(F)(F)C(F)OC(F)(F)F)cc1. The Morgan fingerprint density at radius 3 is 1.94 bits per heavy atom. The number of halogens is 9. The van der Waals surface area contributed by atoms with Crippen molar-refractivity contribution in [2.24, 2.45) is 0 Å². The topological polar surface area (TPSA) is 67.9 Å². The summed E-state index contributed by atoms with van der Waals surface area (Å²) in [5.41, 5.74) is -1.35. The van der Waals surface area contributed by atoms with E-state index in [4.69, 9.17) is 0 Å². The molecule has 0 aliphatic rings. The summed E-state index contributed by atoms with van der Waals surface area (Å²) in [7, 11) is 0. The monoisotopic (exact) mass is 476 g/mol. The van der Waals surface area contributed by atoms with Gasteiger partial charge in [0.25, 0.3) is 5.91 Å². The van der Waals surface area contributed by atoms with E-state index in [-0.39, 0.29) is 4.90 Å². The van der Waals surface area contributed by atoms with Crippen molar-refractivity contribution >= 4 is 17.6 Å². The van der Waals surface area contributed by atoms with Gasteiger partial charge in [0.15, 0.2) is 0 Å². The van der Waals surface area contributed by atoms with Gasteiger partial charge < -0.3 is 4.74 Å². The Bertz CT molecular complexity index is 963. The molecule has 174 valence electrons. The summed E-state index contributed by atoms with van der Waals surface area (Å²) in [5.74, 6) is -5.50.